The molecule has 2 aromatic carbocycles. The molecule has 0 unspecified atom stereocenters. The van der Waals surface area contributed by atoms with Crippen molar-refractivity contribution >= 4 is 17.8 Å². The fraction of sp³-hybridized carbons (Fsp3) is 0.176. The molecule has 3 rings (SSSR count). The van der Waals surface area contributed by atoms with E-state index in [2.05, 4.69) is 15.2 Å². The number of para-hydroxylation sites is 1. The molecule has 0 spiro atoms. The van der Waals surface area contributed by atoms with Gasteiger partial charge in [-0.2, -0.15) is 8.78 Å². The van der Waals surface area contributed by atoms with Crippen LogP contribution in [0.1, 0.15) is 5.56 Å². The van der Waals surface area contributed by atoms with Gasteiger partial charge in [-0.05, 0) is 24.3 Å². The number of hydrogen-bond donors (Lipinski definition) is 1. The van der Waals surface area contributed by atoms with Gasteiger partial charge in [0, 0.05) is 17.3 Å². The standard InChI is InChI=1S/C17H14F2N2O5/c18-17(19)26-13-4-2-1-3-11(13)8-20-25-9-16(22)21-12-5-6-14-15(7-12)24-10-23-14/h1-8,17H,9-10H2,(H,21,22)/b20-8-. The Balaban J connectivity index is 1.50. The lowest BCUT2D eigenvalue weighted by Gasteiger charge is -2.07. The number of hydrogen-bond acceptors (Lipinski definition) is 6. The molecule has 0 fully saturated rings. The van der Waals surface area contributed by atoms with Crippen molar-refractivity contribution < 1.29 is 32.6 Å². The summed E-state index contributed by atoms with van der Waals surface area (Å²) in [6.45, 7) is -3.16. The highest BCUT2D eigenvalue weighted by Crippen LogP contribution is 2.34. The SMILES string of the molecule is O=C(CO/N=C\c1ccccc1OC(F)F)Nc1ccc2c(c1)OCO2. The second kappa shape index (κ2) is 8.15. The number of halogens is 2. The summed E-state index contributed by atoms with van der Waals surface area (Å²) in [5.41, 5.74) is 0.812. The van der Waals surface area contributed by atoms with Crippen molar-refractivity contribution in [2.75, 3.05) is 18.7 Å². The van der Waals surface area contributed by atoms with Crippen LogP contribution in [0.25, 0.3) is 0 Å². The molecule has 0 radical (unpaired) electrons. The third-order valence-corrected chi connectivity index (χ3v) is 3.25. The molecule has 1 aliphatic rings. The van der Waals surface area contributed by atoms with E-state index in [0.717, 1.165) is 0 Å². The van der Waals surface area contributed by atoms with Crippen LogP contribution >= 0.6 is 0 Å². The Morgan fingerprint density at radius 2 is 2.04 bits per heavy atom. The number of anilines is 1. The number of nitrogens with zero attached hydrogens (tertiary/aromatic N) is 1. The number of nitrogens with one attached hydrogen (secondary N) is 1. The Bertz CT molecular complexity index is 813. The van der Waals surface area contributed by atoms with Crippen molar-refractivity contribution in [3.8, 4) is 17.2 Å². The van der Waals surface area contributed by atoms with Gasteiger partial charge in [0.15, 0.2) is 18.1 Å². The maximum Gasteiger partial charge on any atom is 0.387 e. The average molecular weight is 364 g/mol. The Labute approximate surface area is 147 Å². The molecule has 1 N–H and O–H groups in total. The Morgan fingerprint density at radius 3 is 2.88 bits per heavy atom. The molecular weight excluding hydrogens is 350 g/mol. The van der Waals surface area contributed by atoms with E-state index < -0.39 is 12.5 Å². The maximum atomic E-state index is 12.3. The van der Waals surface area contributed by atoms with E-state index >= 15 is 0 Å². The quantitative estimate of drug-likeness (QED) is 0.604. The molecule has 0 saturated carbocycles. The molecule has 2 aromatic rings. The molecule has 7 nitrogen and oxygen atoms in total. The molecule has 0 saturated heterocycles. The van der Waals surface area contributed by atoms with Gasteiger partial charge in [-0.3, -0.25) is 4.79 Å². The number of fused-ring (bicyclic) bond motifs is 1. The van der Waals surface area contributed by atoms with Crippen LogP contribution in [0.5, 0.6) is 17.2 Å². The molecule has 26 heavy (non-hydrogen) atoms. The zero-order valence-electron chi connectivity index (χ0n) is 13.4. The van der Waals surface area contributed by atoms with Gasteiger partial charge in [0.05, 0.1) is 6.21 Å². The van der Waals surface area contributed by atoms with Gasteiger partial charge in [0.25, 0.3) is 5.91 Å². The molecule has 136 valence electrons. The van der Waals surface area contributed by atoms with Crippen molar-refractivity contribution in [2.24, 2.45) is 5.16 Å². The van der Waals surface area contributed by atoms with Crippen LogP contribution in [0.15, 0.2) is 47.6 Å². The van der Waals surface area contributed by atoms with E-state index in [4.69, 9.17) is 14.3 Å². The average Bonchev–Trinajstić information content (AvgIpc) is 3.07. The number of alkyl halides is 2. The van der Waals surface area contributed by atoms with Crippen molar-refractivity contribution in [3.63, 3.8) is 0 Å². The minimum atomic E-state index is -2.95. The van der Waals surface area contributed by atoms with Crippen LogP contribution < -0.4 is 19.5 Å². The molecule has 0 aromatic heterocycles. The van der Waals surface area contributed by atoms with Crippen LogP contribution in [0.3, 0.4) is 0 Å². The van der Waals surface area contributed by atoms with E-state index in [-0.39, 0.29) is 19.1 Å². The maximum absolute atomic E-state index is 12.3. The third kappa shape index (κ3) is 4.59. The molecule has 0 atom stereocenters. The normalized spacial score (nSPS) is 12.4. The molecule has 9 heteroatoms. The molecule has 1 aliphatic heterocycles. The number of rotatable bonds is 7. The van der Waals surface area contributed by atoms with Gasteiger partial charge in [0.1, 0.15) is 5.75 Å². The predicted octanol–water partition coefficient (Wildman–Crippen LogP) is 3.01. The molecule has 1 amide bonds. The fourth-order valence-electron chi connectivity index (χ4n) is 2.15. The smallest absolute Gasteiger partial charge is 0.387 e. The van der Waals surface area contributed by atoms with E-state index in [1.165, 1.54) is 18.3 Å². The van der Waals surface area contributed by atoms with E-state index in [1.807, 2.05) is 0 Å². The van der Waals surface area contributed by atoms with Crippen LogP contribution in [-0.2, 0) is 9.63 Å². The summed E-state index contributed by atoms with van der Waals surface area (Å²) in [6.07, 6.45) is 1.19. The molecule has 0 bridgehead atoms. The molecule has 1 heterocycles. The second-order valence-corrected chi connectivity index (χ2v) is 5.04. The van der Waals surface area contributed by atoms with Crippen molar-refractivity contribution in [2.45, 2.75) is 6.61 Å². The summed E-state index contributed by atoms with van der Waals surface area (Å²) in [7, 11) is 0. The first-order valence-corrected chi connectivity index (χ1v) is 7.50. The Kier molecular flexibility index (Phi) is 5.47. The van der Waals surface area contributed by atoms with Gasteiger partial charge in [0.2, 0.25) is 6.79 Å². The second-order valence-electron chi connectivity index (χ2n) is 5.04. The highest BCUT2D eigenvalue weighted by molar-refractivity contribution is 5.92. The lowest BCUT2D eigenvalue weighted by atomic mass is 10.2. The van der Waals surface area contributed by atoms with Crippen LogP contribution in [-0.4, -0.2) is 32.1 Å². The van der Waals surface area contributed by atoms with E-state index in [9.17, 15) is 13.6 Å². The van der Waals surface area contributed by atoms with Crippen molar-refractivity contribution in [3.05, 3.63) is 48.0 Å². The van der Waals surface area contributed by atoms with Gasteiger partial charge >= 0.3 is 6.61 Å². The lowest BCUT2D eigenvalue weighted by molar-refractivity contribution is -0.120. The fourth-order valence-corrected chi connectivity index (χ4v) is 2.15. The summed E-state index contributed by atoms with van der Waals surface area (Å²) < 4.78 is 39.4. The number of oxime groups is 1. The van der Waals surface area contributed by atoms with Crippen LogP contribution in [0.4, 0.5) is 14.5 Å². The predicted molar refractivity (Wildman–Crippen MR) is 87.8 cm³/mol. The summed E-state index contributed by atoms with van der Waals surface area (Å²) in [4.78, 5) is 16.7. The molecule has 0 aliphatic carbocycles. The highest BCUT2D eigenvalue weighted by Gasteiger charge is 2.14. The van der Waals surface area contributed by atoms with Crippen LogP contribution in [0, 0.1) is 0 Å². The largest absolute Gasteiger partial charge is 0.454 e. The summed E-state index contributed by atoms with van der Waals surface area (Å²) in [5.74, 6) is 0.656. The van der Waals surface area contributed by atoms with Gasteiger partial charge in [-0.1, -0.05) is 17.3 Å². The first kappa shape index (κ1) is 17.5. The summed E-state index contributed by atoms with van der Waals surface area (Å²) >= 11 is 0. The number of carbonyl (C=O) groups is 1. The number of amides is 1. The van der Waals surface area contributed by atoms with Gasteiger partial charge < -0.3 is 24.4 Å². The Morgan fingerprint density at radius 1 is 1.23 bits per heavy atom. The molecular formula is C17H14F2N2O5. The number of ether oxygens (including phenoxy) is 3. The first-order valence-electron chi connectivity index (χ1n) is 7.50. The van der Waals surface area contributed by atoms with Gasteiger partial charge in [-0.25, -0.2) is 0 Å². The Hall–Kier alpha value is -3.36. The zero-order chi connectivity index (χ0) is 18.4. The number of carbonyl (C=O) groups excluding carboxylic acids is 1. The van der Waals surface area contributed by atoms with Crippen molar-refractivity contribution in [1.82, 2.24) is 0 Å². The van der Waals surface area contributed by atoms with E-state index in [1.54, 1.807) is 30.3 Å². The van der Waals surface area contributed by atoms with Crippen LogP contribution in [0.2, 0.25) is 0 Å². The topological polar surface area (TPSA) is 78.4 Å². The zero-order valence-corrected chi connectivity index (χ0v) is 13.4. The number of benzene rings is 2. The summed E-state index contributed by atoms with van der Waals surface area (Å²) in [5, 5.41) is 6.20. The van der Waals surface area contributed by atoms with Gasteiger partial charge in [-0.15, -0.1) is 0 Å². The highest BCUT2D eigenvalue weighted by atomic mass is 19.3. The minimum Gasteiger partial charge on any atom is -0.454 e. The van der Waals surface area contributed by atoms with Crippen molar-refractivity contribution in [1.29, 1.82) is 0 Å². The monoisotopic (exact) mass is 364 g/mol. The lowest BCUT2D eigenvalue weighted by Crippen LogP contribution is -2.16. The third-order valence-electron chi connectivity index (χ3n) is 3.25. The minimum absolute atomic E-state index is 0.0420. The van der Waals surface area contributed by atoms with E-state index in [0.29, 0.717) is 22.7 Å². The first-order chi connectivity index (χ1) is 12.6. The summed E-state index contributed by atoms with van der Waals surface area (Å²) in [6, 6.07) is 11.0.